The van der Waals surface area contributed by atoms with E-state index >= 15 is 0 Å². The fourth-order valence-electron chi connectivity index (χ4n) is 3.82. The average Bonchev–Trinajstić information content (AvgIpc) is 3.58. The summed E-state index contributed by atoms with van der Waals surface area (Å²) < 4.78 is 24.2. The lowest BCUT2D eigenvalue weighted by Crippen LogP contribution is -2.25. The molecule has 0 bridgehead atoms. The summed E-state index contributed by atoms with van der Waals surface area (Å²) in [5.74, 6) is 3.87. The second-order valence-corrected chi connectivity index (χ2v) is 9.27. The quantitative estimate of drug-likeness (QED) is 0.282. The molecule has 190 valence electrons. The number of rotatable bonds is 9. The topological polar surface area (TPSA) is 56.6 Å². The number of alkyl halides is 1. The number of ether oxygens (including phenoxy) is 2. The number of hydrogen-bond acceptors (Lipinski definition) is 6. The van der Waals surface area contributed by atoms with Crippen LogP contribution in [0, 0.1) is 12.3 Å². The number of hydrogen-bond donors (Lipinski definition) is 0. The smallest absolute Gasteiger partial charge is 0.275 e. The molecule has 0 unspecified atom stereocenters. The Kier molecular flexibility index (Phi) is 10.3. The first-order chi connectivity index (χ1) is 17.5. The van der Waals surface area contributed by atoms with Gasteiger partial charge in [0.1, 0.15) is 24.3 Å². The molecule has 0 N–H and O–H groups in total. The normalized spacial score (nSPS) is 13.7. The molecule has 0 amide bonds. The second kappa shape index (κ2) is 13.6. The molecule has 1 aromatic carbocycles. The van der Waals surface area contributed by atoms with E-state index in [0.717, 1.165) is 30.1 Å². The van der Waals surface area contributed by atoms with E-state index in [1.54, 1.807) is 18.0 Å². The van der Waals surface area contributed by atoms with Gasteiger partial charge < -0.3 is 9.47 Å². The average molecular weight is 510 g/mol. The Morgan fingerprint density at radius 3 is 2.72 bits per heavy atom. The molecule has 3 heterocycles. The molecule has 1 saturated heterocycles. The first kappa shape index (κ1) is 27.2. The van der Waals surface area contributed by atoms with E-state index < -0.39 is 6.67 Å². The van der Waals surface area contributed by atoms with E-state index in [9.17, 15) is 9.18 Å². The second-order valence-electron chi connectivity index (χ2n) is 8.22. The molecule has 2 aromatic heterocycles. The SMILES string of the molecule is C#CC/C=C(\C)c1cc2ncn(-c3ccc(OCCN4CCCC4)c(OC)c3)c(=O)c2s1.C=CCF. The third kappa shape index (κ3) is 6.84. The van der Waals surface area contributed by atoms with Crippen LogP contribution in [-0.4, -0.2) is 54.5 Å². The van der Waals surface area contributed by atoms with Crippen LogP contribution in [0.25, 0.3) is 21.5 Å². The van der Waals surface area contributed by atoms with Crippen molar-refractivity contribution >= 4 is 27.1 Å². The minimum absolute atomic E-state index is 0.110. The van der Waals surface area contributed by atoms with Crippen LogP contribution >= 0.6 is 11.3 Å². The van der Waals surface area contributed by atoms with Crippen molar-refractivity contribution in [1.29, 1.82) is 0 Å². The highest BCUT2D eigenvalue weighted by molar-refractivity contribution is 7.19. The summed E-state index contributed by atoms with van der Waals surface area (Å²) in [6.45, 7) is 8.47. The number of likely N-dealkylation sites (tertiary alicyclic amines) is 1. The number of methoxy groups -OCH3 is 1. The standard InChI is InChI=1S/C25H27N3O3S.C3H5F/c1-4-5-8-18(2)23-16-20-24(32-23)25(29)28(17-26-20)19-9-10-21(22(15-19)30-3)31-14-13-27-11-6-7-12-27;1-2-3-4/h1,8-10,15-17H,5-7,11-14H2,2-3H3;2H,1,3H2/b18-8+;. The molecule has 0 spiro atoms. The van der Waals surface area contributed by atoms with Gasteiger partial charge >= 0.3 is 0 Å². The summed E-state index contributed by atoms with van der Waals surface area (Å²) in [6, 6.07) is 7.45. The Hall–Kier alpha value is -3.41. The molecule has 0 saturated carbocycles. The zero-order valence-electron chi connectivity index (χ0n) is 20.8. The maximum atomic E-state index is 13.2. The third-order valence-electron chi connectivity index (χ3n) is 5.75. The van der Waals surface area contributed by atoms with Gasteiger partial charge in [-0.05, 0) is 56.6 Å². The fourth-order valence-corrected chi connectivity index (χ4v) is 4.86. The van der Waals surface area contributed by atoms with Gasteiger partial charge in [-0.1, -0.05) is 12.2 Å². The van der Waals surface area contributed by atoms with Crippen molar-refractivity contribution in [3.63, 3.8) is 0 Å². The van der Waals surface area contributed by atoms with Crippen molar-refractivity contribution in [1.82, 2.24) is 14.5 Å². The van der Waals surface area contributed by atoms with E-state index in [1.807, 2.05) is 37.3 Å². The molecule has 8 heteroatoms. The highest BCUT2D eigenvalue weighted by Crippen LogP contribution is 2.31. The first-order valence-corrected chi connectivity index (χ1v) is 12.7. The van der Waals surface area contributed by atoms with E-state index in [0.29, 0.717) is 40.4 Å². The van der Waals surface area contributed by atoms with Crippen LogP contribution in [0.2, 0.25) is 0 Å². The monoisotopic (exact) mass is 509 g/mol. The Labute approximate surface area is 215 Å². The van der Waals surface area contributed by atoms with Crippen molar-refractivity contribution < 1.29 is 13.9 Å². The van der Waals surface area contributed by atoms with Crippen molar-refractivity contribution in [3.8, 4) is 29.5 Å². The minimum atomic E-state index is -0.417. The van der Waals surface area contributed by atoms with Crippen LogP contribution in [0.1, 0.15) is 31.1 Å². The summed E-state index contributed by atoms with van der Waals surface area (Å²) >= 11 is 1.43. The number of halogens is 1. The van der Waals surface area contributed by atoms with E-state index in [1.165, 1.54) is 30.3 Å². The van der Waals surface area contributed by atoms with Crippen LogP contribution in [0.15, 0.2) is 54.1 Å². The first-order valence-electron chi connectivity index (χ1n) is 11.8. The zero-order valence-corrected chi connectivity index (χ0v) is 21.7. The maximum absolute atomic E-state index is 13.2. The highest BCUT2D eigenvalue weighted by Gasteiger charge is 2.14. The molecule has 0 aliphatic carbocycles. The number of thiophene rings is 1. The van der Waals surface area contributed by atoms with Gasteiger partial charge in [0, 0.05) is 23.9 Å². The summed E-state index contributed by atoms with van der Waals surface area (Å²) in [7, 11) is 1.60. The van der Waals surface area contributed by atoms with Gasteiger partial charge in [0.15, 0.2) is 11.5 Å². The maximum Gasteiger partial charge on any atom is 0.275 e. The molecule has 3 aromatic rings. The van der Waals surface area contributed by atoms with Crippen LogP contribution in [0.5, 0.6) is 11.5 Å². The van der Waals surface area contributed by atoms with Crippen LogP contribution < -0.4 is 15.0 Å². The Morgan fingerprint density at radius 2 is 2.06 bits per heavy atom. The van der Waals surface area contributed by atoms with Gasteiger partial charge in [0.05, 0.1) is 18.3 Å². The van der Waals surface area contributed by atoms with E-state index in [4.69, 9.17) is 15.9 Å². The molecule has 36 heavy (non-hydrogen) atoms. The van der Waals surface area contributed by atoms with Crippen molar-refractivity contribution in [2.24, 2.45) is 0 Å². The van der Waals surface area contributed by atoms with Gasteiger partial charge in [-0.3, -0.25) is 14.3 Å². The van der Waals surface area contributed by atoms with Crippen molar-refractivity contribution in [2.45, 2.75) is 26.2 Å². The van der Waals surface area contributed by atoms with Gasteiger partial charge in [0.25, 0.3) is 5.56 Å². The number of nitrogens with zero attached hydrogens (tertiary/aromatic N) is 3. The molecular weight excluding hydrogens is 477 g/mol. The van der Waals surface area contributed by atoms with Crippen molar-refractivity contribution in [3.05, 3.63) is 64.6 Å². The Morgan fingerprint density at radius 1 is 1.31 bits per heavy atom. The summed E-state index contributed by atoms with van der Waals surface area (Å²) in [4.78, 5) is 21.1. The van der Waals surface area contributed by atoms with Crippen LogP contribution in [0.4, 0.5) is 4.39 Å². The van der Waals surface area contributed by atoms with E-state index in [-0.39, 0.29) is 5.56 Å². The molecule has 6 nitrogen and oxygen atoms in total. The number of fused-ring (bicyclic) bond motifs is 1. The van der Waals surface area contributed by atoms with Gasteiger partial charge in [-0.15, -0.1) is 30.3 Å². The van der Waals surface area contributed by atoms with Gasteiger partial charge in [-0.2, -0.15) is 0 Å². The number of terminal acetylenes is 1. The number of benzene rings is 1. The lowest BCUT2D eigenvalue weighted by atomic mass is 10.2. The Bertz CT molecular complexity index is 1300. The summed E-state index contributed by atoms with van der Waals surface area (Å²) in [5.41, 5.74) is 2.31. The minimum Gasteiger partial charge on any atom is -0.493 e. The number of allylic oxidation sites excluding steroid dienone is 3. The summed E-state index contributed by atoms with van der Waals surface area (Å²) in [6.07, 6.45) is 13.2. The number of aromatic nitrogens is 2. The zero-order chi connectivity index (χ0) is 25.9. The Balaban J connectivity index is 0.000000840. The summed E-state index contributed by atoms with van der Waals surface area (Å²) in [5, 5.41) is 0. The van der Waals surface area contributed by atoms with Gasteiger partial charge in [0.2, 0.25) is 0 Å². The van der Waals surface area contributed by atoms with Crippen molar-refractivity contribution in [2.75, 3.05) is 40.0 Å². The molecule has 1 aliphatic rings. The predicted molar refractivity (Wildman–Crippen MR) is 146 cm³/mol. The molecular formula is C28H32FN3O3S. The largest absolute Gasteiger partial charge is 0.493 e. The fraction of sp³-hybridized carbons (Fsp3) is 0.357. The lowest BCUT2D eigenvalue weighted by molar-refractivity contribution is 0.230. The molecule has 1 aliphatic heterocycles. The molecule has 1 fully saturated rings. The predicted octanol–water partition coefficient (Wildman–Crippen LogP) is 5.50. The molecule has 0 atom stereocenters. The van der Waals surface area contributed by atoms with E-state index in [2.05, 4.69) is 22.4 Å². The third-order valence-corrected chi connectivity index (χ3v) is 7.00. The lowest BCUT2D eigenvalue weighted by Gasteiger charge is -2.17. The highest BCUT2D eigenvalue weighted by atomic mass is 32.1. The van der Waals surface area contributed by atoms with Crippen LogP contribution in [-0.2, 0) is 0 Å². The molecule has 0 radical (unpaired) electrons. The van der Waals surface area contributed by atoms with Gasteiger partial charge in [-0.25, -0.2) is 9.37 Å². The molecule has 4 rings (SSSR count). The van der Waals surface area contributed by atoms with Crippen LogP contribution in [0.3, 0.4) is 0 Å².